The summed E-state index contributed by atoms with van der Waals surface area (Å²) < 4.78 is 17.1. The molecule has 1 aromatic heterocycles. The molecule has 8 heteroatoms. The Kier molecular flexibility index (Phi) is 6.64. The van der Waals surface area contributed by atoms with Crippen LogP contribution in [-0.4, -0.2) is 62.8 Å². The number of fused-ring (bicyclic) bond motifs is 5. The molecule has 5 aliphatic rings. The number of hydrogen-bond donors (Lipinski definition) is 4. The van der Waals surface area contributed by atoms with Crippen LogP contribution in [-0.2, 0) is 9.47 Å². The maximum absolute atomic E-state index is 12.4. The molecule has 0 bridgehead atoms. The second-order valence-corrected chi connectivity index (χ2v) is 13.6. The van der Waals surface area contributed by atoms with Crippen LogP contribution in [0, 0.1) is 28.6 Å². The Balaban J connectivity index is 1.17. The van der Waals surface area contributed by atoms with E-state index in [0.29, 0.717) is 11.8 Å². The summed E-state index contributed by atoms with van der Waals surface area (Å²) in [4.78, 5) is 11.5. The molecule has 1 saturated heterocycles. The minimum atomic E-state index is -1.28. The number of hydrogen-bond acceptors (Lipinski definition) is 8. The van der Waals surface area contributed by atoms with Crippen LogP contribution < -0.4 is 5.63 Å². The topological polar surface area (TPSA) is 130 Å². The van der Waals surface area contributed by atoms with Gasteiger partial charge in [-0.1, -0.05) is 13.8 Å². The van der Waals surface area contributed by atoms with Gasteiger partial charge < -0.3 is 34.3 Å². The van der Waals surface area contributed by atoms with E-state index in [9.17, 15) is 25.2 Å². The normalized spacial score (nSPS) is 52.6. The molecule has 8 nitrogen and oxygen atoms in total. The van der Waals surface area contributed by atoms with E-state index in [1.807, 2.05) is 6.07 Å². The zero-order valence-corrected chi connectivity index (χ0v) is 22.8. The Bertz CT molecular complexity index is 1070. The molecule has 4 N–H and O–H groups in total. The first kappa shape index (κ1) is 26.9. The Morgan fingerprint density at radius 2 is 1.71 bits per heavy atom. The van der Waals surface area contributed by atoms with Gasteiger partial charge in [-0.3, -0.25) is 0 Å². The highest BCUT2D eigenvalue weighted by atomic mass is 16.7. The molecule has 2 heterocycles. The minimum Gasteiger partial charge on any atom is -0.431 e. The van der Waals surface area contributed by atoms with E-state index in [2.05, 4.69) is 13.8 Å². The van der Waals surface area contributed by atoms with Gasteiger partial charge in [0.2, 0.25) is 0 Å². The standard InChI is InChI=1S/C30H44O8/c1-16-24(32)25(33)26(34)27(37-16)38-19-8-11-28(2)18(14-19)5-6-22-21(28)9-12-29(3)20(10-13-30(22,29)35)17-4-7-23(31)36-15-17/h4,7,15-16,18-22,24-27,32-35H,5-6,8-14H2,1-3H3/t16-,18+,19+,20?,21-,22+,24+,25+,26-,27-,28-,29+,30-/m0/s1. The monoisotopic (exact) mass is 532 g/mol. The number of rotatable bonds is 3. The fraction of sp³-hybridized carbons (Fsp3) is 0.833. The van der Waals surface area contributed by atoms with E-state index >= 15 is 0 Å². The van der Waals surface area contributed by atoms with Gasteiger partial charge in [0.05, 0.1) is 24.1 Å². The zero-order valence-electron chi connectivity index (χ0n) is 22.8. The van der Waals surface area contributed by atoms with E-state index in [-0.39, 0.29) is 34.4 Å². The third kappa shape index (κ3) is 3.89. The lowest BCUT2D eigenvalue weighted by atomic mass is 9.43. The van der Waals surface area contributed by atoms with Gasteiger partial charge in [-0.05, 0) is 105 Å². The van der Waals surface area contributed by atoms with Gasteiger partial charge in [-0.2, -0.15) is 0 Å². The smallest absolute Gasteiger partial charge is 0.335 e. The molecule has 6 rings (SSSR count). The zero-order chi connectivity index (χ0) is 27.0. The molecule has 0 spiro atoms. The SMILES string of the molecule is C[C@@H]1O[C@@H](O[C@@H]2CC[C@@]3(C)[C@H](CC[C@@H]4[C@@H]3CC[C@]3(C)C(c5ccc(=O)oc5)CC[C@]43O)C2)[C@@H](O)[C@H](O)[C@@H]1O. The fourth-order valence-electron chi connectivity index (χ4n) is 9.73. The number of ether oxygens (including phenoxy) is 2. The van der Waals surface area contributed by atoms with Crippen molar-refractivity contribution in [1.29, 1.82) is 0 Å². The molecule has 13 atom stereocenters. The molecule has 0 aromatic carbocycles. The van der Waals surface area contributed by atoms with E-state index in [1.165, 1.54) is 6.07 Å². The number of aliphatic hydroxyl groups is 4. The Morgan fingerprint density at radius 1 is 0.921 bits per heavy atom. The van der Waals surface area contributed by atoms with Crippen LogP contribution >= 0.6 is 0 Å². The van der Waals surface area contributed by atoms with Crippen LogP contribution in [0.1, 0.15) is 90.0 Å². The first-order chi connectivity index (χ1) is 18.0. The van der Waals surface area contributed by atoms with Gasteiger partial charge in [0.1, 0.15) is 18.3 Å². The summed E-state index contributed by atoms with van der Waals surface area (Å²) in [7, 11) is 0. The molecule has 1 aliphatic heterocycles. The average Bonchev–Trinajstić information content (AvgIpc) is 3.18. The van der Waals surface area contributed by atoms with E-state index < -0.39 is 36.3 Å². The summed E-state index contributed by atoms with van der Waals surface area (Å²) in [5.41, 5.74) is -0.168. The van der Waals surface area contributed by atoms with Crippen LogP contribution in [0.5, 0.6) is 0 Å². The maximum atomic E-state index is 12.4. The highest BCUT2D eigenvalue weighted by Crippen LogP contribution is 2.70. The molecule has 38 heavy (non-hydrogen) atoms. The van der Waals surface area contributed by atoms with E-state index in [4.69, 9.17) is 13.9 Å². The maximum Gasteiger partial charge on any atom is 0.335 e. The average molecular weight is 533 g/mol. The van der Waals surface area contributed by atoms with Crippen molar-refractivity contribution in [3.8, 4) is 0 Å². The lowest BCUT2D eigenvalue weighted by molar-refractivity contribution is -0.310. The van der Waals surface area contributed by atoms with Crippen molar-refractivity contribution >= 4 is 0 Å². The van der Waals surface area contributed by atoms with Crippen molar-refractivity contribution in [3.63, 3.8) is 0 Å². The summed E-state index contributed by atoms with van der Waals surface area (Å²) >= 11 is 0. The molecule has 1 aromatic rings. The molecule has 4 saturated carbocycles. The summed E-state index contributed by atoms with van der Waals surface area (Å²) in [6.07, 6.45) is 4.75. The van der Waals surface area contributed by atoms with Gasteiger partial charge in [0.25, 0.3) is 0 Å². The van der Waals surface area contributed by atoms with Crippen molar-refractivity contribution < 1.29 is 34.3 Å². The third-order valence-corrected chi connectivity index (χ3v) is 12.1. The van der Waals surface area contributed by atoms with E-state index in [1.54, 1.807) is 13.2 Å². The van der Waals surface area contributed by atoms with Gasteiger partial charge in [0, 0.05) is 11.5 Å². The summed E-state index contributed by atoms with van der Waals surface area (Å²) in [6, 6.07) is 3.38. The van der Waals surface area contributed by atoms with Crippen molar-refractivity contribution in [1.82, 2.24) is 0 Å². The van der Waals surface area contributed by atoms with Crippen LogP contribution in [0.25, 0.3) is 0 Å². The lowest BCUT2D eigenvalue weighted by Gasteiger charge is -2.63. The summed E-state index contributed by atoms with van der Waals surface area (Å²) in [6.45, 7) is 6.36. The number of aliphatic hydroxyl groups excluding tert-OH is 3. The van der Waals surface area contributed by atoms with Gasteiger partial charge >= 0.3 is 5.63 Å². The van der Waals surface area contributed by atoms with Gasteiger partial charge in [0.15, 0.2) is 6.29 Å². The van der Waals surface area contributed by atoms with Crippen LogP contribution in [0.2, 0.25) is 0 Å². The van der Waals surface area contributed by atoms with Crippen molar-refractivity contribution in [3.05, 3.63) is 34.4 Å². The lowest BCUT2D eigenvalue weighted by Crippen LogP contribution is -2.62. The Hall–Kier alpha value is -1.29. The highest BCUT2D eigenvalue weighted by molar-refractivity contribution is 5.27. The van der Waals surface area contributed by atoms with Crippen LogP contribution in [0.15, 0.2) is 27.6 Å². The van der Waals surface area contributed by atoms with Gasteiger partial charge in [-0.25, -0.2) is 4.79 Å². The summed E-state index contributed by atoms with van der Waals surface area (Å²) in [5.74, 6) is 1.35. The second kappa shape index (κ2) is 9.38. The van der Waals surface area contributed by atoms with Gasteiger partial charge in [-0.15, -0.1) is 0 Å². The third-order valence-electron chi connectivity index (χ3n) is 12.1. The Labute approximate surface area is 224 Å². The first-order valence-corrected chi connectivity index (χ1v) is 14.6. The quantitative estimate of drug-likeness (QED) is 0.437. The minimum absolute atomic E-state index is 0.0699. The molecule has 5 fully saturated rings. The molecular formula is C30H44O8. The molecule has 0 amide bonds. The molecule has 0 radical (unpaired) electrons. The van der Waals surface area contributed by atoms with Crippen molar-refractivity contribution in [2.75, 3.05) is 0 Å². The second-order valence-electron chi connectivity index (χ2n) is 13.6. The molecule has 4 aliphatic carbocycles. The Morgan fingerprint density at radius 3 is 2.45 bits per heavy atom. The largest absolute Gasteiger partial charge is 0.431 e. The van der Waals surface area contributed by atoms with Crippen LogP contribution in [0.3, 0.4) is 0 Å². The van der Waals surface area contributed by atoms with Crippen molar-refractivity contribution in [2.45, 2.75) is 127 Å². The highest BCUT2D eigenvalue weighted by Gasteiger charge is 2.67. The predicted octanol–water partition coefficient (Wildman–Crippen LogP) is 3.09. The van der Waals surface area contributed by atoms with Crippen molar-refractivity contribution in [2.24, 2.45) is 28.6 Å². The first-order valence-electron chi connectivity index (χ1n) is 14.6. The predicted molar refractivity (Wildman–Crippen MR) is 138 cm³/mol. The molecule has 212 valence electrons. The fourth-order valence-corrected chi connectivity index (χ4v) is 9.73. The molecule has 1 unspecified atom stereocenters. The van der Waals surface area contributed by atoms with Crippen LogP contribution in [0.4, 0.5) is 0 Å². The summed E-state index contributed by atoms with van der Waals surface area (Å²) in [5, 5.41) is 43.1. The van der Waals surface area contributed by atoms with E-state index in [0.717, 1.165) is 63.4 Å². The molecular weight excluding hydrogens is 488 g/mol.